The number of rotatable bonds is 5. The van der Waals surface area contributed by atoms with Crippen molar-refractivity contribution in [1.82, 2.24) is 10.2 Å². The number of carbonyl (C=O) groups is 1. The molecule has 1 aliphatic rings. The van der Waals surface area contributed by atoms with Crippen LogP contribution in [0.2, 0.25) is 0 Å². The third-order valence-corrected chi connectivity index (χ3v) is 4.28. The third kappa shape index (κ3) is 4.03. The van der Waals surface area contributed by atoms with Gasteiger partial charge in [-0.1, -0.05) is 13.8 Å². The molecular weight excluding hydrogens is 267 g/mol. The Hall–Kier alpha value is -1.42. The minimum Gasteiger partial charge on any atom is -0.350 e. The van der Waals surface area contributed by atoms with Crippen LogP contribution >= 0.6 is 0 Å². The predicted octanol–water partition coefficient (Wildman–Crippen LogP) is 2.98. The Morgan fingerprint density at radius 2 is 2.00 bits per heavy atom. The van der Waals surface area contributed by atoms with E-state index in [0.29, 0.717) is 29.6 Å². The summed E-state index contributed by atoms with van der Waals surface area (Å²) >= 11 is 0. The Labute approximate surface area is 126 Å². The van der Waals surface area contributed by atoms with Crippen molar-refractivity contribution >= 4 is 5.91 Å². The molecule has 0 saturated carbocycles. The molecule has 2 rings (SSSR count). The van der Waals surface area contributed by atoms with Crippen LogP contribution in [0.5, 0.6) is 0 Å². The van der Waals surface area contributed by atoms with Gasteiger partial charge in [0, 0.05) is 18.2 Å². The van der Waals surface area contributed by atoms with Gasteiger partial charge in [-0.2, -0.15) is 0 Å². The summed E-state index contributed by atoms with van der Waals surface area (Å²) < 4.78 is 13.1. The molecule has 0 radical (unpaired) electrons. The zero-order valence-electron chi connectivity index (χ0n) is 13.2. The highest BCUT2D eigenvalue weighted by Crippen LogP contribution is 2.17. The number of amides is 1. The van der Waals surface area contributed by atoms with Gasteiger partial charge in [0.05, 0.1) is 0 Å². The van der Waals surface area contributed by atoms with E-state index in [-0.39, 0.29) is 11.7 Å². The first-order valence-electron chi connectivity index (χ1n) is 7.77. The maximum absolute atomic E-state index is 13.1. The normalized spacial score (nSPS) is 17.2. The van der Waals surface area contributed by atoms with Crippen LogP contribution in [0.3, 0.4) is 0 Å². The Morgan fingerprint density at radius 1 is 1.33 bits per heavy atom. The monoisotopic (exact) mass is 292 g/mol. The molecule has 0 bridgehead atoms. The second-order valence-corrected chi connectivity index (χ2v) is 6.22. The molecule has 0 spiro atoms. The molecule has 0 aliphatic carbocycles. The highest BCUT2D eigenvalue weighted by atomic mass is 19.1. The fourth-order valence-corrected chi connectivity index (χ4v) is 3.03. The second kappa shape index (κ2) is 7.03. The molecule has 0 aromatic heterocycles. The molecule has 1 heterocycles. The van der Waals surface area contributed by atoms with Gasteiger partial charge in [0.1, 0.15) is 5.82 Å². The summed E-state index contributed by atoms with van der Waals surface area (Å²) in [6.07, 6.45) is 2.49. The van der Waals surface area contributed by atoms with Crippen molar-refractivity contribution in [2.75, 3.05) is 19.6 Å². The summed E-state index contributed by atoms with van der Waals surface area (Å²) in [6.45, 7) is 9.03. The molecule has 4 heteroatoms. The lowest BCUT2D eigenvalue weighted by molar-refractivity contribution is 0.0926. The molecule has 1 unspecified atom stereocenters. The number of benzene rings is 1. The number of halogens is 1. The molecular formula is C17H25FN2O. The Bertz CT molecular complexity index is 496. The minimum atomic E-state index is -0.304. The second-order valence-electron chi connectivity index (χ2n) is 6.22. The average Bonchev–Trinajstić information content (AvgIpc) is 2.92. The maximum Gasteiger partial charge on any atom is 0.251 e. The van der Waals surface area contributed by atoms with Crippen molar-refractivity contribution in [3.63, 3.8) is 0 Å². The van der Waals surface area contributed by atoms with E-state index in [1.807, 2.05) is 0 Å². The van der Waals surface area contributed by atoms with Gasteiger partial charge in [0.15, 0.2) is 0 Å². The SMILES string of the molecule is Cc1cc(F)ccc1C(=O)NCC(C(C)C)N1CCCC1. The van der Waals surface area contributed by atoms with E-state index in [1.54, 1.807) is 13.0 Å². The molecule has 1 aromatic rings. The van der Waals surface area contributed by atoms with E-state index in [4.69, 9.17) is 0 Å². The predicted molar refractivity (Wildman–Crippen MR) is 82.9 cm³/mol. The van der Waals surface area contributed by atoms with E-state index in [1.165, 1.54) is 25.0 Å². The number of nitrogens with zero attached hydrogens (tertiary/aromatic N) is 1. The Balaban J connectivity index is 1.98. The highest BCUT2D eigenvalue weighted by molar-refractivity contribution is 5.95. The number of hydrogen-bond donors (Lipinski definition) is 1. The first-order valence-corrected chi connectivity index (χ1v) is 7.77. The number of likely N-dealkylation sites (tertiary alicyclic amines) is 1. The van der Waals surface area contributed by atoms with Gasteiger partial charge >= 0.3 is 0 Å². The highest BCUT2D eigenvalue weighted by Gasteiger charge is 2.25. The smallest absolute Gasteiger partial charge is 0.251 e. The van der Waals surface area contributed by atoms with Gasteiger partial charge in [0.25, 0.3) is 5.91 Å². The zero-order valence-corrected chi connectivity index (χ0v) is 13.2. The molecule has 1 aliphatic heterocycles. The Kier molecular flexibility index (Phi) is 5.34. The van der Waals surface area contributed by atoms with Gasteiger partial charge in [-0.15, -0.1) is 0 Å². The van der Waals surface area contributed by atoms with Crippen LogP contribution < -0.4 is 5.32 Å². The molecule has 1 atom stereocenters. The van der Waals surface area contributed by atoms with Gasteiger partial charge in [-0.3, -0.25) is 9.69 Å². The summed E-state index contributed by atoms with van der Waals surface area (Å²) in [5.74, 6) is 0.0798. The summed E-state index contributed by atoms with van der Waals surface area (Å²) in [4.78, 5) is 14.7. The molecule has 1 aromatic carbocycles. The molecule has 1 fully saturated rings. The van der Waals surface area contributed by atoms with Crippen molar-refractivity contribution in [3.8, 4) is 0 Å². The van der Waals surface area contributed by atoms with E-state index in [0.717, 1.165) is 13.1 Å². The van der Waals surface area contributed by atoms with Crippen LogP contribution in [0.1, 0.15) is 42.6 Å². The lowest BCUT2D eigenvalue weighted by Crippen LogP contribution is -2.45. The van der Waals surface area contributed by atoms with E-state index >= 15 is 0 Å². The van der Waals surface area contributed by atoms with Gasteiger partial charge < -0.3 is 5.32 Å². The number of carbonyl (C=O) groups excluding carboxylic acids is 1. The van der Waals surface area contributed by atoms with Crippen molar-refractivity contribution in [1.29, 1.82) is 0 Å². The number of hydrogen-bond acceptors (Lipinski definition) is 2. The fraction of sp³-hybridized carbons (Fsp3) is 0.588. The molecule has 1 amide bonds. The first kappa shape index (κ1) is 16.0. The quantitative estimate of drug-likeness (QED) is 0.905. The zero-order chi connectivity index (χ0) is 15.4. The number of aryl methyl sites for hydroxylation is 1. The molecule has 116 valence electrons. The molecule has 21 heavy (non-hydrogen) atoms. The lowest BCUT2D eigenvalue weighted by Gasteiger charge is -2.31. The summed E-state index contributed by atoms with van der Waals surface area (Å²) in [6, 6.07) is 4.66. The number of nitrogens with one attached hydrogen (secondary N) is 1. The van der Waals surface area contributed by atoms with E-state index in [9.17, 15) is 9.18 Å². The minimum absolute atomic E-state index is 0.114. The van der Waals surface area contributed by atoms with Crippen LogP contribution in [0.4, 0.5) is 4.39 Å². The van der Waals surface area contributed by atoms with Crippen LogP contribution in [-0.2, 0) is 0 Å². The van der Waals surface area contributed by atoms with Crippen LogP contribution in [-0.4, -0.2) is 36.5 Å². The van der Waals surface area contributed by atoms with Crippen molar-refractivity contribution < 1.29 is 9.18 Å². The maximum atomic E-state index is 13.1. The lowest BCUT2D eigenvalue weighted by atomic mass is 10.0. The van der Waals surface area contributed by atoms with Gasteiger partial charge in [-0.05, 0) is 62.5 Å². The summed E-state index contributed by atoms with van der Waals surface area (Å²) in [5, 5.41) is 3.01. The fourth-order valence-electron chi connectivity index (χ4n) is 3.03. The van der Waals surface area contributed by atoms with E-state index in [2.05, 4.69) is 24.1 Å². The standard InChI is InChI=1S/C17H25FN2O/c1-12(2)16(20-8-4-5-9-20)11-19-17(21)15-7-6-14(18)10-13(15)3/h6-7,10,12,16H,4-5,8-9,11H2,1-3H3,(H,19,21). The molecule has 3 nitrogen and oxygen atoms in total. The topological polar surface area (TPSA) is 32.3 Å². The first-order chi connectivity index (χ1) is 9.99. The van der Waals surface area contributed by atoms with Gasteiger partial charge in [-0.25, -0.2) is 4.39 Å². The third-order valence-electron chi connectivity index (χ3n) is 4.28. The largest absolute Gasteiger partial charge is 0.350 e. The summed E-state index contributed by atoms with van der Waals surface area (Å²) in [7, 11) is 0. The van der Waals surface area contributed by atoms with Crippen molar-refractivity contribution in [3.05, 3.63) is 35.1 Å². The van der Waals surface area contributed by atoms with Crippen molar-refractivity contribution in [2.24, 2.45) is 5.92 Å². The van der Waals surface area contributed by atoms with Crippen molar-refractivity contribution in [2.45, 2.75) is 39.7 Å². The van der Waals surface area contributed by atoms with Crippen LogP contribution in [0.15, 0.2) is 18.2 Å². The Morgan fingerprint density at radius 3 is 2.57 bits per heavy atom. The van der Waals surface area contributed by atoms with Crippen LogP contribution in [0.25, 0.3) is 0 Å². The average molecular weight is 292 g/mol. The molecule has 1 N–H and O–H groups in total. The van der Waals surface area contributed by atoms with Crippen LogP contribution in [0, 0.1) is 18.7 Å². The van der Waals surface area contributed by atoms with E-state index < -0.39 is 0 Å². The summed E-state index contributed by atoms with van der Waals surface area (Å²) in [5.41, 5.74) is 1.23. The van der Waals surface area contributed by atoms with Gasteiger partial charge in [0.2, 0.25) is 0 Å². The molecule has 1 saturated heterocycles.